The maximum absolute atomic E-state index is 5.59. The van der Waals surface area contributed by atoms with Crippen LogP contribution in [-0.4, -0.2) is 23.0 Å². The van der Waals surface area contributed by atoms with E-state index in [-0.39, 0.29) is 0 Å². The molecule has 0 aromatic carbocycles. The Kier molecular flexibility index (Phi) is 3.02. The lowest BCUT2D eigenvalue weighted by Gasteiger charge is -2.24. The molecule has 1 aliphatic rings. The minimum atomic E-state index is 0.730. The molecule has 1 aromatic rings. The molecule has 0 fully saturated rings. The third-order valence-corrected chi connectivity index (χ3v) is 2.75. The lowest BCUT2D eigenvalue weighted by atomic mass is 10.1. The third-order valence-electron chi connectivity index (χ3n) is 2.75. The van der Waals surface area contributed by atoms with E-state index < -0.39 is 0 Å². The average Bonchev–Trinajstić information content (AvgIpc) is 2.25. The summed E-state index contributed by atoms with van der Waals surface area (Å²) >= 11 is 0. The Hall–Kier alpha value is -1.35. The van der Waals surface area contributed by atoms with Crippen LogP contribution in [0.4, 0.5) is 5.69 Å². The van der Waals surface area contributed by atoms with Gasteiger partial charge in [0, 0.05) is 19.6 Å². The molecule has 0 unspecified atom stereocenters. The lowest BCUT2D eigenvalue weighted by Crippen LogP contribution is -2.28. The molecule has 0 atom stereocenters. The van der Waals surface area contributed by atoms with Crippen LogP contribution in [0, 0.1) is 0 Å². The van der Waals surface area contributed by atoms with Crippen LogP contribution in [0.5, 0.6) is 0 Å². The quantitative estimate of drug-likeness (QED) is 0.745. The zero-order valence-corrected chi connectivity index (χ0v) is 9.11. The smallest absolute Gasteiger partial charge is 0.0545 e. The van der Waals surface area contributed by atoms with Crippen LogP contribution in [0.1, 0.15) is 19.0 Å². The van der Waals surface area contributed by atoms with Crippen LogP contribution in [0.2, 0.25) is 0 Å². The molecule has 0 spiro atoms. The summed E-state index contributed by atoms with van der Waals surface area (Å²) in [6, 6.07) is 3.91. The highest BCUT2D eigenvalue weighted by Gasteiger charge is 2.09. The number of anilines is 1. The second-order valence-electron chi connectivity index (χ2n) is 4.12. The molecule has 80 valence electrons. The highest BCUT2D eigenvalue weighted by molar-refractivity contribution is 5.34. The van der Waals surface area contributed by atoms with Crippen molar-refractivity contribution in [3.63, 3.8) is 0 Å². The number of nitrogens with zero attached hydrogens (tertiary/aromatic N) is 2. The van der Waals surface area contributed by atoms with Gasteiger partial charge in [-0.3, -0.25) is 9.88 Å². The van der Waals surface area contributed by atoms with Gasteiger partial charge in [0.2, 0.25) is 0 Å². The first-order chi connectivity index (χ1) is 7.24. The van der Waals surface area contributed by atoms with Crippen molar-refractivity contribution in [1.29, 1.82) is 0 Å². The van der Waals surface area contributed by atoms with E-state index in [1.54, 1.807) is 6.20 Å². The van der Waals surface area contributed by atoms with Crippen molar-refractivity contribution in [1.82, 2.24) is 9.88 Å². The van der Waals surface area contributed by atoms with Gasteiger partial charge in [0.05, 0.1) is 17.6 Å². The Labute approximate surface area is 90.6 Å². The first kappa shape index (κ1) is 10.2. The van der Waals surface area contributed by atoms with Gasteiger partial charge in [-0.1, -0.05) is 11.6 Å². The van der Waals surface area contributed by atoms with E-state index in [1.807, 2.05) is 12.1 Å². The fourth-order valence-electron chi connectivity index (χ4n) is 1.71. The van der Waals surface area contributed by atoms with Gasteiger partial charge < -0.3 is 5.73 Å². The zero-order valence-electron chi connectivity index (χ0n) is 9.11. The van der Waals surface area contributed by atoms with E-state index >= 15 is 0 Å². The summed E-state index contributed by atoms with van der Waals surface area (Å²) in [7, 11) is 0. The highest BCUT2D eigenvalue weighted by atomic mass is 15.1. The highest BCUT2D eigenvalue weighted by Crippen LogP contribution is 2.12. The minimum absolute atomic E-state index is 0.730. The molecule has 0 amide bonds. The zero-order chi connectivity index (χ0) is 10.7. The van der Waals surface area contributed by atoms with E-state index in [4.69, 9.17) is 5.73 Å². The van der Waals surface area contributed by atoms with E-state index in [0.29, 0.717) is 0 Å². The predicted octanol–water partition coefficient (Wildman–Crippen LogP) is 1.82. The average molecular weight is 203 g/mol. The van der Waals surface area contributed by atoms with Crippen molar-refractivity contribution in [3.05, 3.63) is 35.7 Å². The number of nitrogens with two attached hydrogens (primary N) is 1. The van der Waals surface area contributed by atoms with Gasteiger partial charge in [-0.05, 0) is 25.5 Å². The van der Waals surface area contributed by atoms with Crippen LogP contribution in [0.3, 0.4) is 0 Å². The van der Waals surface area contributed by atoms with Crippen LogP contribution in [0.15, 0.2) is 30.0 Å². The van der Waals surface area contributed by atoms with Gasteiger partial charge in [0.15, 0.2) is 0 Å². The summed E-state index contributed by atoms with van der Waals surface area (Å²) in [5.41, 5.74) is 8.91. The Bertz CT molecular complexity index is 354. The Balaban J connectivity index is 1.95. The molecule has 3 nitrogen and oxygen atoms in total. The fraction of sp³-hybridized carbons (Fsp3) is 0.417. The molecule has 3 heteroatoms. The lowest BCUT2D eigenvalue weighted by molar-refractivity contribution is 0.283. The van der Waals surface area contributed by atoms with Gasteiger partial charge in [-0.15, -0.1) is 0 Å². The number of rotatable bonds is 2. The second-order valence-corrected chi connectivity index (χ2v) is 4.12. The normalized spacial score (nSPS) is 17.5. The van der Waals surface area contributed by atoms with Gasteiger partial charge in [-0.2, -0.15) is 0 Å². The van der Waals surface area contributed by atoms with Crippen molar-refractivity contribution < 1.29 is 0 Å². The Morgan fingerprint density at radius 2 is 2.33 bits per heavy atom. The molecule has 2 rings (SSSR count). The molecule has 0 radical (unpaired) electrons. The van der Waals surface area contributed by atoms with Gasteiger partial charge in [-0.25, -0.2) is 0 Å². The maximum atomic E-state index is 5.59. The first-order valence-corrected chi connectivity index (χ1v) is 5.32. The molecular weight excluding hydrogens is 186 g/mol. The summed E-state index contributed by atoms with van der Waals surface area (Å²) in [4.78, 5) is 6.70. The van der Waals surface area contributed by atoms with E-state index in [9.17, 15) is 0 Å². The van der Waals surface area contributed by atoms with Crippen LogP contribution in [0.25, 0.3) is 0 Å². The predicted molar refractivity (Wildman–Crippen MR) is 62.3 cm³/mol. The fourth-order valence-corrected chi connectivity index (χ4v) is 1.71. The number of hydrogen-bond acceptors (Lipinski definition) is 3. The number of aromatic nitrogens is 1. The van der Waals surface area contributed by atoms with Crippen molar-refractivity contribution >= 4 is 5.69 Å². The summed E-state index contributed by atoms with van der Waals surface area (Å²) < 4.78 is 0. The van der Waals surface area contributed by atoms with Crippen molar-refractivity contribution in [2.24, 2.45) is 0 Å². The van der Waals surface area contributed by atoms with Crippen LogP contribution in [-0.2, 0) is 6.54 Å². The second kappa shape index (κ2) is 4.45. The van der Waals surface area contributed by atoms with Crippen LogP contribution < -0.4 is 5.73 Å². The molecule has 0 aliphatic carbocycles. The number of nitrogen functional groups attached to an aromatic ring is 1. The molecular formula is C12H17N3. The topological polar surface area (TPSA) is 42.1 Å². The van der Waals surface area contributed by atoms with Crippen LogP contribution >= 0.6 is 0 Å². The van der Waals surface area contributed by atoms with Crippen molar-refractivity contribution in [2.45, 2.75) is 19.9 Å². The summed E-state index contributed by atoms with van der Waals surface area (Å²) in [5, 5.41) is 0. The van der Waals surface area contributed by atoms with E-state index in [1.165, 1.54) is 12.0 Å². The molecule has 0 saturated heterocycles. The van der Waals surface area contributed by atoms with Gasteiger partial charge in [0.1, 0.15) is 0 Å². The molecule has 0 bridgehead atoms. The van der Waals surface area contributed by atoms with E-state index in [2.05, 4.69) is 22.9 Å². The Morgan fingerprint density at radius 3 is 2.93 bits per heavy atom. The SMILES string of the molecule is CC1=CCN(Cc2ccc(N)cn2)CC1. The summed E-state index contributed by atoms with van der Waals surface area (Å²) in [6.45, 7) is 5.29. The maximum Gasteiger partial charge on any atom is 0.0545 e. The standard InChI is InChI=1S/C12H17N3/c1-10-4-6-15(7-5-10)9-12-3-2-11(13)8-14-12/h2-4,8H,5-7,9,13H2,1H3. The Morgan fingerprint density at radius 1 is 1.47 bits per heavy atom. The molecule has 1 aliphatic heterocycles. The molecule has 15 heavy (non-hydrogen) atoms. The monoisotopic (exact) mass is 203 g/mol. The molecule has 0 saturated carbocycles. The number of hydrogen-bond donors (Lipinski definition) is 1. The van der Waals surface area contributed by atoms with Crippen molar-refractivity contribution in [3.8, 4) is 0 Å². The largest absolute Gasteiger partial charge is 0.397 e. The third kappa shape index (κ3) is 2.80. The summed E-state index contributed by atoms with van der Waals surface area (Å²) in [6.07, 6.45) is 5.19. The molecule has 2 heterocycles. The van der Waals surface area contributed by atoms with Gasteiger partial charge >= 0.3 is 0 Å². The minimum Gasteiger partial charge on any atom is -0.397 e. The molecule has 2 N–H and O–H groups in total. The molecule has 1 aromatic heterocycles. The first-order valence-electron chi connectivity index (χ1n) is 5.32. The van der Waals surface area contributed by atoms with Crippen molar-refractivity contribution in [2.75, 3.05) is 18.8 Å². The number of pyridine rings is 1. The summed E-state index contributed by atoms with van der Waals surface area (Å²) in [5.74, 6) is 0. The van der Waals surface area contributed by atoms with Gasteiger partial charge in [0.25, 0.3) is 0 Å². The van der Waals surface area contributed by atoms with E-state index in [0.717, 1.165) is 31.0 Å².